The molecule has 2 heterocycles. The topological polar surface area (TPSA) is 96.3 Å². The van der Waals surface area contributed by atoms with E-state index in [1.54, 1.807) is 0 Å². The summed E-state index contributed by atoms with van der Waals surface area (Å²) in [6, 6.07) is -1.02. The van der Waals surface area contributed by atoms with Crippen molar-refractivity contribution in [3.05, 3.63) is 0 Å². The van der Waals surface area contributed by atoms with Crippen molar-refractivity contribution in [1.82, 2.24) is 4.90 Å². The predicted molar refractivity (Wildman–Crippen MR) is 59.2 cm³/mol. The van der Waals surface area contributed by atoms with Crippen LogP contribution in [0.1, 0.15) is 25.7 Å². The molecule has 0 radical (unpaired) electrons. The zero-order chi connectivity index (χ0) is 13.1. The first kappa shape index (κ1) is 13.1. The molecule has 2 saturated heterocycles. The molecule has 0 aromatic rings. The lowest BCUT2D eigenvalue weighted by molar-refractivity contribution is -0.185. The Balaban J connectivity index is 1.91. The lowest BCUT2D eigenvalue weighted by Gasteiger charge is -2.25. The minimum atomic E-state index is -1.22. The van der Waals surface area contributed by atoms with Crippen molar-refractivity contribution in [1.29, 1.82) is 0 Å². The van der Waals surface area contributed by atoms with E-state index in [9.17, 15) is 9.59 Å². The largest absolute Gasteiger partial charge is 0.480 e. The lowest BCUT2D eigenvalue weighted by atomic mass is 10.2. The smallest absolute Gasteiger partial charge is 0.408 e. The van der Waals surface area contributed by atoms with Crippen molar-refractivity contribution < 1.29 is 29.3 Å². The third-order valence-corrected chi connectivity index (χ3v) is 3.28. The second-order valence-corrected chi connectivity index (χ2v) is 4.58. The highest BCUT2D eigenvalue weighted by Crippen LogP contribution is 2.24. The third-order valence-electron chi connectivity index (χ3n) is 3.28. The zero-order valence-electron chi connectivity index (χ0n) is 9.95. The molecule has 102 valence electrons. The van der Waals surface area contributed by atoms with Gasteiger partial charge in [0.2, 0.25) is 0 Å². The summed E-state index contributed by atoms with van der Waals surface area (Å²) in [5, 5.41) is 17.9. The SMILES string of the molecule is O=C(O)[C@@H]1C[C@H](OC2CCCCO2)CN1C(=O)O. The molecule has 0 bridgehead atoms. The number of carboxylic acid groups (broad SMARTS) is 2. The standard InChI is InChI=1S/C11H17NO6/c13-10(14)8-5-7(6-12(8)11(15)16)18-9-3-1-2-4-17-9/h7-9H,1-6H2,(H,13,14)(H,15,16)/t7-,8-,9?/m0/s1. The average molecular weight is 259 g/mol. The highest BCUT2D eigenvalue weighted by Gasteiger charge is 2.41. The van der Waals surface area contributed by atoms with Gasteiger partial charge in [-0.25, -0.2) is 9.59 Å². The van der Waals surface area contributed by atoms with Gasteiger partial charge in [-0.05, 0) is 19.3 Å². The highest BCUT2D eigenvalue weighted by atomic mass is 16.7. The van der Waals surface area contributed by atoms with Crippen molar-refractivity contribution >= 4 is 12.1 Å². The number of hydrogen-bond acceptors (Lipinski definition) is 4. The normalized spacial score (nSPS) is 32.4. The van der Waals surface area contributed by atoms with Crippen LogP contribution < -0.4 is 0 Å². The van der Waals surface area contributed by atoms with Crippen LogP contribution >= 0.6 is 0 Å². The minimum Gasteiger partial charge on any atom is -0.480 e. The van der Waals surface area contributed by atoms with Gasteiger partial charge in [0.05, 0.1) is 12.6 Å². The average Bonchev–Trinajstić information content (AvgIpc) is 2.74. The van der Waals surface area contributed by atoms with Gasteiger partial charge in [-0.1, -0.05) is 0 Å². The Morgan fingerprint density at radius 2 is 2.06 bits per heavy atom. The van der Waals surface area contributed by atoms with Crippen LogP contribution in [0.2, 0.25) is 0 Å². The summed E-state index contributed by atoms with van der Waals surface area (Å²) < 4.78 is 11.0. The maximum atomic E-state index is 11.0. The van der Waals surface area contributed by atoms with Crippen LogP contribution in [0.25, 0.3) is 0 Å². The number of ether oxygens (including phenoxy) is 2. The van der Waals surface area contributed by atoms with Gasteiger partial charge in [0.15, 0.2) is 6.29 Å². The van der Waals surface area contributed by atoms with E-state index in [1.807, 2.05) is 0 Å². The molecule has 2 rings (SSSR count). The first-order valence-corrected chi connectivity index (χ1v) is 6.07. The maximum Gasteiger partial charge on any atom is 0.408 e. The molecule has 0 aromatic carbocycles. The fourth-order valence-corrected chi connectivity index (χ4v) is 2.37. The van der Waals surface area contributed by atoms with Crippen LogP contribution in [0.4, 0.5) is 4.79 Å². The summed E-state index contributed by atoms with van der Waals surface area (Å²) in [6.07, 6.45) is 1.03. The number of likely N-dealkylation sites (tertiary alicyclic amines) is 1. The quantitative estimate of drug-likeness (QED) is 0.775. The van der Waals surface area contributed by atoms with Crippen LogP contribution in [-0.2, 0) is 14.3 Å². The van der Waals surface area contributed by atoms with E-state index in [-0.39, 0.29) is 19.3 Å². The summed E-state index contributed by atoms with van der Waals surface area (Å²) in [7, 11) is 0. The molecule has 1 amide bonds. The van der Waals surface area contributed by atoms with Crippen LogP contribution in [0, 0.1) is 0 Å². The van der Waals surface area contributed by atoms with Crippen LogP contribution in [0.3, 0.4) is 0 Å². The number of nitrogens with zero attached hydrogens (tertiary/aromatic N) is 1. The van der Waals surface area contributed by atoms with Gasteiger partial charge in [0.1, 0.15) is 6.04 Å². The zero-order valence-corrected chi connectivity index (χ0v) is 9.95. The van der Waals surface area contributed by atoms with Crippen LogP contribution in [0.5, 0.6) is 0 Å². The molecule has 0 aromatic heterocycles. The molecule has 7 nitrogen and oxygen atoms in total. The van der Waals surface area contributed by atoms with Crippen molar-refractivity contribution in [2.45, 2.75) is 44.1 Å². The second kappa shape index (κ2) is 5.53. The molecule has 7 heteroatoms. The van der Waals surface area contributed by atoms with E-state index >= 15 is 0 Å². The summed E-state index contributed by atoms with van der Waals surface area (Å²) >= 11 is 0. The fraction of sp³-hybridized carbons (Fsp3) is 0.818. The van der Waals surface area contributed by atoms with Gasteiger partial charge in [0, 0.05) is 13.0 Å². The Morgan fingerprint density at radius 1 is 1.28 bits per heavy atom. The van der Waals surface area contributed by atoms with E-state index in [0.717, 1.165) is 24.2 Å². The number of carboxylic acids is 1. The Hall–Kier alpha value is -1.34. The molecule has 0 spiro atoms. The molecule has 2 aliphatic heterocycles. The van der Waals surface area contributed by atoms with Crippen molar-refractivity contribution in [2.24, 2.45) is 0 Å². The summed E-state index contributed by atoms with van der Waals surface area (Å²) in [4.78, 5) is 22.8. The van der Waals surface area contributed by atoms with Crippen molar-refractivity contribution in [3.8, 4) is 0 Å². The molecular formula is C11H17NO6. The van der Waals surface area contributed by atoms with E-state index < -0.39 is 24.2 Å². The summed E-state index contributed by atoms with van der Waals surface area (Å²) in [5.74, 6) is -1.13. The Kier molecular flexibility index (Phi) is 4.03. The predicted octanol–water partition coefficient (Wildman–Crippen LogP) is 0.735. The van der Waals surface area contributed by atoms with Gasteiger partial charge in [-0.2, -0.15) is 0 Å². The van der Waals surface area contributed by atoms with Crippen molar-refractivity contribution in [2.75, 3.05) is 13.2 Å². The number of aliphatic carboxylic acids is 1. The number of hydrogen-bond donors (Lipinski definition) is 2. The molecule has 3 atom stereocenters. The van der Waals surface area contributed by atoms with Crippen LogP contribution in [-0.4, -0.2) is 58.8 Å². The van der Waals surface area contributed by atoms with Gasteiger partial charge in [-0.15, -0.1) is 0 Å². The molecule has 2 fully saturated rings. The molecule has 18 heavy (non-hydrogen) atoms. The van der Waals surface area contributed by atoms with E-state index in [1.165, 1.54) is 0 Å². The number of carbonyl (C=O) groups is 2. The summed E-state index contributed by atoms with van der Waals surface area (Å²) in [5.41, 5.74) is 0. The van der Waals surface area contributed by atoms with Crippen LogP contribution in [0.15, 0.2) is 0 Å². The maximum absolute atomic E-state index is 11.0. The molecule has 2 N–H and O–H groups in total. The van der Waals surface area contributed by atoms with E-state index in [0.29, 0.717) is 6.61 Å². The Bertz CT molecular complexity index is 305. The summed E-state index contributed by atoms with van der Waals surface area (Å²) in [6.45, 7) is 0.731. The monoisotopic (exact) mass is 259 g/mol. The van der Waals surface area contributed by atoms with Gasteiger partial charge < -0.3 is 19.7 Å². The van der Waals surface area contributed by atoms with Gasteiger partial charge in [0.25, 0.3) is 0 Å². The second-order valence-electron chi connectivity index (χ2n) is 4.58. The molecule has 0 aliphatic carbocycles. The van der Waals surface area contributed by atoms with E-state index in [4.69, 9.17) is 19.7 Å². The lowest BCUT2D eigenvalue weighted by Crippen LogP contribution is -2.39. The molecule has 2 aliphatic rings. The van der Waals surface area contributed by atoms with Gasteiger partial charge in [-0.3, -0.25) is 4.90 Å². The highest BCUT2D eigenvalue weighted by molar-refractivity contribution is 5.80. The number of rotatable bonds is 3. The Morgan fingerprint density at radius 3 is 2.56 bits per heavy atom. The van der Waals surface area contributed by atoms with Gasteiger partial charge >= 0.3 is 12.1 Å². The fourth-order valence-electron chi connectivity index (χ4n) is 2.37. The molecule has 1 unspecified atom stereocenters. The van der Waals surface area contributed by atoms with Crippen molar-refractivity contribution in [3.63, 3.8) is 0 Å². The Labute approximate surface area is 104 Å². The number of amides is 1. The minimum absolute atomic E-state index is 0.0894. The first-order valence-electron chi connectivity index (χ1n) is 6.07. The van der Waals surface area contributed by atoms with E-state index in [2.05, 4.69) is 0 Å². The molecular weight excluding hydrogens is 242 g/mol. The first-order chi connectivity index (χ1) is 8.58. The molecule has 0 saturated carbocycles. The third kappa shape index (κ3) is 2.91.